The Hall–Kier alpha value is -1.30. The molecule has 1 rings (SSSR count). The van der Waals surface area contributed by atoms with Crippen molar-refractivity contribution in [3.05, 3.63) is 23.8 Å². The fourth-order valence-electron chi connectivity index (χ4n) is 1.36. The van der Waals surface area contributed by atoms with Crippen LogP contribution in [0.25, 0.3) is 0 Å². The van der Waals surface area contributed by atoms with Crippen LogP contribution in [0.1, 0.15) is 12.5 Å². The van der Waals surface area contributed by atoms with E-state index < -0.39 is 6.04 Å². The number of rotatable bonds is 6. The Morgan fingerprint density at radius 3 is 2.63 bits per heavy atom. The van der Waals surface area contributed by atoms with E-state index in [-0.39, 0.29) is 18.3 Å². The van der Waals surface area contributed by atoms with Crippen molar-refractivity contribution in [3.63, 3.8) is 0 Å². The molecule has 108 valence electrons. The van der Waals surface area contributed by atoms with Crippen LogP contribution in [0.2, 0.25) is 0 Å². The zero-order valence-corrected chi connectivity index (χ0v) is 12.3. The molecule has 0 bridgehead atoms. The third-order valence-corrected chi connectivity index (χ3v) is 2.43. The van der Waals surface area contributed by atoms with Gasteiger partial charge in [0, 0.05) is 12.8 Å². The molecule has 6 heteroatoms. The molecular weight excluding hydrogens is 268 g/mol. The molecule has 3 N–H and O–H groups in total. The fraction of sp³-hybridized carbons (Fsp3) is 0.462. The van der Waals surface area contributed by atoms with Crippen molar-refractivity contribution < 1.29 is 14.3 Å². The molecule has 5 nitrogen and oxygen atoms in total. The summed E-state index contributed by atoms with van der Waals surface area (Å²) < 4.78 is 10.4. The van der Waals surface area contributed by atoms with Gasteiger partial charge in [-0.2, -0.15) is 0 Å². The third-order valence-electron chi connectivity index (χ3n) is 2.43. The number of aryl methyl sites for hydroxylation is 1. The fourth-order valence-corrected chi connectivity index (χ4v) is 1.36. The second-order valence-corrected chi connectivity index (χ2v) is 4.10. The number of halogens is 1. The molecule has 0 aliphatic heterocycles. The van der Waals surface area contributed by atoms with E-state index in [1.54, 1.807) is 26.2 Å². The van der Waals surface area contributed by atoms with Gasteiger partial charge < -0.3 is 20.5 Å². The van der Waals surface area contributed by atoms with E-state index in [0.29, 0.717) is 13.2 Å². The minimum Gasteiger partial charge on any atom is -0.491 e. The van der Waals surface area contributed by atoms with Gasteiger partial charge in [0.15, 0.2) is 0 Å². The lowest BCUT2D eigenvalue weighted by Gasteiger charge is -2.12. The molecule has 1 amide bonds. The summed E-state index contributed by atoms with van der Waals surface area (Å²) in [6.07, 6.45) is 0. The highest BCUT2D eigenvalue weighted by atomic mass is 35.5. The monoisotopic (exact) mass is 288 g/mol. The number of hydrogen-bond acceptors (Lipinski definition) is 4. The molecule has 0 aromatic heterocycles. The number of nitrogens with two attached hydrogens (primary N) is 1. The SMILES string of the molecule is COCCOc1ccc(NC(=O)C(C)N)c(C)c1.Cl. The Bertz CT molecular complexity index is 411. The Kier molecular flexibility index (Phi) is 8.14. The van der Waals surface area contributed by atoms with Gasteiger partial charge in [-0.25, -0.2) is 0 Å². The number of ether oxygens (including phenoxy) is 2. The number of nitrogens with one attached hydrogen (secondary N) is 1. The lowest BCUT2D eigenvalue weighted by atomic mass is 10.2. The molecule has 0 fully saturated rings. The molecule has 1 aromatic carbocycles. The van der Waals surface area contributed by atoms with Gasteiger partial charge in [0.25, 0.3) is 0 Å². The minimum absolute atomic E-state index is 0. The quantitative estimate of drug-likeness (QED) is 0.782. The molecule has 1 atom stereocenters. The summed E-state index contributed by atoms with van der Waals surface area (Å²) in [6, 6.07) is 4.95. The van der Waals surface area contributed by atoms with Crippen LogP contribution < -0.4 is 15.8 Å². The van der Waals surface area contributed by atoms with E-state index in [2.05, 4.69) is 5.32 Å². The van der Waals surface area contributed by atoms with Crippen LogP contribution in [0, 0.1) is 6.92 Å². The van der Waals surface area contributed by atoms with Crippen molar-refractivity contribution in [1.29, 1.82) is 0 Å². The molecule has 19 heavy (non-hydrogen) atoms. The van der Waals surface area contributed by atoms with Crippen molar-refractivity contribution in [2.45, 2.75) is 19.9 Å². The van der Waals surface area contributed by atoms with Crippen LogP contribution in [0.15, 0.2) is 18.2 Å². The largest absolute Gasteiger partial charge is 0.491 e. The van der Waals surface area contributed by atoms with Crippen molar-refractivity contribution in [1.82, 2.24) is 0 Å². The summed E-state index contributed by atoms with van der Waals surface area (Å²) in [6.45, 7) is 4.59. The smallest absolute Gasteiger partial charge is 0.241 e. The number of benzene rings is 1. The maximum atomic E-state index is 11.5. The summed E-state index contributed by atoms with van der Waals surface area (Å²) in [7, 11) is 1.63. The van der Waals surface area contributed by atoms with Crippen LogP contribution >= 0.6 is 12.4 Å². The summed E-state index contributed by atoms with van der Waals surface area (Å²) in [4.78, 5) is 11.5. The van der Waals surface area contributed by atoms with Crippen LogP contribution in [-0.2, 0) is 9.53 Å². The Balaban J connectivity index is 0.00000324. The Morgan fingerprint density at radius 1 is 1.42 bits per heavy atom. The molecule has 1 unspecified atom stereocenters. The van der Waals surface area contributed by atoms with E-state index >= 15 is 0 Å². The summed E-state index contributed by atoms with van der Waals surface area (Å²) in [5, 5.41) is 2.76. The standard InChI is InChI=1S/C13H20N2O3.ClH/c1-9-8-11(18-7-6-17-3)4-5-12(9)15-13(16)10(2)14;/h4-5,8,10H,6-7,14H2,1-3H3,(H,15,16);1H. The van der Waals surface area contributed by atoms with Gasteiger partial charge in [0.1, 0.15) is 12.4 Å². The topological polar surface area (TPSA) is 73.6 Å². The highest BCUT2D eigenvalue weighted by molar-refractivity contribution is 5.95. The van der Waals surface area contributed by atoms with Gasteiger partial charge in [0.05, 0.1) is 12.6 Å². The molecule has 1 aromatic rings. The first kappa shape index (κ1) is 17.7. The first-order valence-corrected chi connectivity index (χ1v) is 5.83. The van der Waals surface area contributed by atoms with Crippen molar-refractivity contribution in [3.8, 4) is 5.75 Å². The van der Waals surface area contributed by atoms with Crippen LogP contribution in [0.4, 0.5) is 5.69 Å². The van der Waals surface area contributed by atoms with Crippen LogP contribution in [0.5, 0.6) is 5.75 Å². The molecule has 0 spiro atoms. The molecule has 0 radical (unpaired) electrons. The molecule has 0 heterocycles. The zero-order valence-electron chi connectivity index (χ0n) is 11.4. The van der Waals surface area contributed by atoms with Gasteiger partial charge in [-0.05, 0) is 37.6 Å². The average molecular weight is 289 g/mol. The minimum atomic E-state index is -0.526. The number of hydrogen-bond donors (Lipinski definition) is 2. The Labute approximate surface area is 119 Å². The highest BCUT2D eigenvalue weighted by Gasteiger charge is 2.09. The van der Waals surface area contributed by atoms with E-state index in [4.69, 9.17) is 15.2 Å². The summed E-state index contributed by atoms with van der Waals surface area (Å²) in [5.41, 5.74) is 7.17. The molecule has 0 aliphatic rings. The molecular formula is C13H21ClN2O3. The number of methoxy groups -OCH3 is 1. The lowest BCUT2D eigenvalue weighted by molar-refractivity contribution is -0.117. The van der Waals surface area contributed by atoms with Crippen molar-refractivity contribution in [2.24, 2.45) is 5.73 Å². The van der Waals surface area contributed by atoms with Crippen molar-refractivity contribution >= 4 is 24.0 Å². The number of carbonyl (C=O) groups is 1. The van der Waals surface area contributed by atoms with E-state index in [9.17, 15) is 4.79 Å². The van der Waals surface area contributed by atoms with Crippen LogP contribution in [-0.4, -0.2) is 32.3 Å². The van der Waals surface area contributed by atoms with Crippen LogP contribution in [0.3, 0.4) is 0 Å². The zero-order chi connectivity index (χ0) is 13.5. The van der Waals surface area contributed by atoms with Gasteiger partial charge in [-0.3, -0.25) is 4.79 Å². The number of amides is 1. The number of carbonyl (C=O) groups excluding carboxylic acids is 1. The normalized spacial score (nSPS) is 11.4. The third kappa shape index (κ3) is 5.92. The lowest BCUT2D eigenvalue weighted by Crippen LogP contribution is -2.32. The first-order valence-electron chi connectivity index (χ1n) is 5.83. The van der Waals surface area contributed by atoms with E-state index in [1.165, 1.54) is 0 Å². The summed E-state index contributed by atoms with van der Waals surface area (Å²) in [5.74, 6) is 0.550. The van der Waals surface area contributed by atoms with Gasteiger partial charge >= 0.3 is 0 Å². The Morgan fingerprint density at radius 2 is 2.11 bits per heavy atom. The first-order chi connectivity index (χ1) is 8.54. The molecule has 0 saturated carbocycles. The predicted octanol–water partition coefficient (Wildman–Crippen LogP) is 1.73. The second-order valence-electron chi connectivity index (χ2n) is 4.10. The van der Waals surface area contributed by atoms with E-state index in [0.717, 1.165) is 17.0 Å². The van der Waals surface area contributed by atoms with Gasteiger partial charge in [-0.15, -0.1) is 12.4 Å². The van der Waals surface area contributed by atoms with E-state index in [1.807, 2.05) is 13.0 Å². The number of anilines is 1. The maximum Gasteiger partial charge on any atom is 0.241 e. The van der Waals surface area contributed by atoms with Crippen molar-refractivity contribution in [2.75, 3.05) is 25.6 Å². The average Bonchev–Trinajstić information content (AvgIpc) is 2.32. The molecule has 0 saturated heterocycles. The predicted molar refractivity (Wildman–Crippen MR) is 78.1 cm³/mol. The molecule has 0 aliphatic carbocycles. The van der Waals surface area contributed by atoms with Gasteiger partial charge in [-0.1, -0.05) is 0 Å². The summed E-state index contributed by atoms with van der Waals surface area (Å²) >= 11 is 0. The maximum absolute atomic E-state index is 11.5. The second kappa shape index (κ2) is 8.74. The highest BCUT2D eigenvalue weighted by Crippen LogP contribution is 2.21. The van der Waals surface area contributed by atoms with Gasteiger partial charge in [0.2, 0.25) is 5.91 Å².